The number of hydrogen-bond acceptors (Lipinski definition) is 7. The first-order valence-electron chi connectivity index (χ1n) is 12.1. The van der Waals surface area contributed by atoms with Crippen LogP contribution in [0.25, 0.3) is 0 Å². The van der Waals surface area contributed by atoms with Gasteiger partial charge in [0.2, 0.25) is 0 Å². The quantitative estimate of drug-likeness (QED) is 0.236. The van der Waals surface area contributed by atoms with E-state index in [1.165, 1.54) is 25.1 Å². The average Bonchev–Trinajstić information content (AvgIpc) is 3.37. The molecule has 0 amide bonds. The van der Waals surface area contributed by atoms with Crippen molar-refractivity contribution in [3.05, 3.63) is 47.5 Å². The molecule has 1 saturated carbocycles. The Kier molecular flexibility index (Phi) is 13.8. The average molecular weight is 539 g/mol. The predicted octanol–water partition coefficient (Wildman–Crippen LogP) is 4.83. The lowest BCUT2D eigenvalue weighted by Crippen LogP contribution is -2.36. The van der Waals surface area contributed by atoms with Crippen molar-refractivity contribution < 1.29 is 18.3 Å². The Hall–Kier alpha value is -2.36. The SMILES string of the molecule is C=C(Cl)/N=C(C)\C(=C/C)NC(=NCc1ccc(S(=O)(=O)CC)cn1)C(=O)C(C)CC1CCCC1.CO. The molecule has 1 aliphatic rings. The van der Waals surface area contributed by atoms with E-state index in [0.717, 1.165) is 26.4 Å². The number of nitrogens with zero attached hydrogens (tertiary/aromatic N) is 3. The highest BCUT2D eigenvalue weighted by molar-refractivity contribution is 7.91. The molecular weight excluding hydrogens is 500 g/mol. The summed E-state index contributed by atoms with van der Waals surface area (Å²) in [5.74, 6) is 0.543. The van der Waals surface area contributed by atoms with Gasteiger partial charge in [0.1, 0.15) is 5.16 Å². The van der Waals surface area contributed by atoms with E-state index >= 15 is 0 Å². The van der Waals surface area contributed by atoms with Crippen molar-refractivity contribution in [3.63, 3.8) is 0 Å². The minimum atomic E-state index is -3.32. The molecule has 200 valence electrons. The van der Waals surface area contributed by atoms with Crippen LogP contribution >= 0.6 is 11.6 Å². The lowest BCUT2D eigenvalue weighted by Gasteiger charge is -2.18. The van der Waals surface area contributed by atoms with Crippen LogP contribution in [0.3, 0.4) is 0 Å². The van der Waals surface area contributed by atoms with Gasteiger partial charge < -0.3 is 10.4 Å². The first-order valence-corrected chi connectivity index (χ1v) is 14.1. The molecule has 1 aromatic heterocycles. The molecule has 0 saturated heterocycles. The van der Waals surface area contributed by atoms with Gasteiger partial charge in [-0.3, -0.25) is 14.8 Å². The van der Waals surface area contributed by atoms with Gasteiger partial charge in [-0.25, -0.2) is 13.4 Å². The molecule has 10 heteroatoms. The number of carbonyl (C=O) groups excluding carboxylic acids is 1. The number of hydrogen-bond donors (Lipinski definition) is 2. The zero-order chi connectivity index (χ0) is 27.3. The van der Waals surface area contributed by atoms with E-state index in [-0.39, 0.29) is 39.9 Å². The van der Waals surface area contributed by atoms with Crippen molar-refractivity contribution >= 4 is 38.8 Å². The summed E-state index contributed by atoms with van der Waals surface area (Å²) in [5.41, 5.74) is 1.75. The monoisotopic (exact) mass is 538 g/mol. The van der Waals surface area contributed by atoms with Crippen LogP contribution in [0.15, 0.2) is 56.7 Å². The van der Waals surface area contributed by atoms with Gasteiger partial charge >= 0.3 is 0 Å². The number of ketones is 1. The molecule has 1 aromatic rings. The van der Waals surface area contributed by atoms with Crippen molar-refractivity contribution in [1.82, 2.24) is 10.3 Å². The number of aromatic nitrogens is 1. The standard InChI is InChI=1S/C25H35ClN4O3S.CH4O/c1-6-23(18(4)29-19(5)26)30-25(24(31)17(3)14-20-10-8-9-11-20)28-15-21-12-13-22(16-27-21)34(32,33)7-2;1-2/h6,12-13,16-17,20H,5,7-11,14-15H2,1-4H3,(H,28,30);2H,1H3/b23-6+,29-18-;. The van der Waals surface area contributed by atoms with E-state index in [1.807, 2.05) is 13.8 Å². The molecule has 1 atom stereocenters. The Morgan fingerprint density at radius 3 is 2.47 bits per heavy atom. The maximum Gasteiger partial charge on any atom is 0.200 e. The van der Waals surface area contributed by atoms with Crippen LogP contribution < -0.4 is 5.32 Å². The third-order valence-corrected chi connectivity index (χ3v) is 7.80. The van der Waals surface area contributed by atoms with Gasteiger partial charge in [-0.05, 0) is 38.3 Å². The Morgan fingerprint density at radius 2 is 1.97 bits per heavy atom. The molecule has 36 heavy (non-hydrogen) atoms. The Balaban J connectivity index is 0.00000316. The minimum Gasteiger partial charge on any atom is -0.400 e. The minimum absolute atomic E-state index is 0.00932. The zero-order valence-corrected chi connectivity index (χ0v) is 23.5. The Labute approximate surface area is 220 Å². The fraction of sp³-hybridized carbons (Fsp3) is 0.538. The van der Waals surface area contributed by atoms with Crippen molar-refractivity contribution in [2.24, 2.45) is 21.8 Å². The molecule has 1 heterocycles. The highest BCUT2D eigenvalue weighted by atomic mass is 35.5. The van der Waals surface area contributed by atoms with Gasteiger partial charge in [-0.2, -0.15) is 0 Å². The van der Waals surface area contributed by atoms with Crippen LogP contribution in [0.2, 0.25) is 0 Å². The van der Waals surface area contributed by atoms with Crippen molar-refractivity contribution in [2.75, 3.05) is 12.9 Å². The molecule has 0 radical (unpaired) electrons. The fourth-order valence-electron chi connectivity index (χ4n) is 4.02. The van der Waals surface area contributed by atoms with Crippen molar-refractivity contribution in [3.8, 4) is 0 Å². The van der Waals surface area contributed by atoms with E-state index in [2.05, 4.69) is 26.9 Å². The molecular formula is C26H39ClN4O4S. The number of Topliss-reactive ketones (excluding diaryl/α,β-unsaturated/α-hetero) is 1. The predicted molar refractivity (Wildman–Crippen MR) is 147 cm³/mol. The number of carbonyl (C=O) groups is 1. The maximum absolute atomic E-state index is 13.4. The highest BCUT2D eigenvalue weighted by Crippen LogP contribution is 2.30. The zero-order valence-electron chi connectivity index (χ0n) is 21.9. The summed E-state index contributed by atoms with van der Waals surface area (Å²) in [7, 11) is -2.32. The summed E-state index contributed by atoms with van der Waals surface area (Å²) < 4.78 is 24.0. The molecule has 1 aliphatic carbocycles. The summed E-state index contributed by atoms with van der Waals surface area (Å²) in [4.78, 5) is 26.5. The number of halogens is 1. The third-order valence-electron chi connectivity index (χ3n) is 6.00. The van der Waals surface area contributed by atoms with Crippen molar-refractivity contribution in [2.45, 2.75) is 71.2 Å². The second kappa shape index (κ2) is 15.7. The van der Waals surface area contributed by atoms with Crippen LogP contribution in [0, 0.1) is 11.8 Å². The molecule has 1 fully saturated rings. The molecule has 1 unspecified atom stereocenters. The topological polar surface area (TPSA) is 121 Å². The number of aliphatic hydroxyl groups is 1. The van der Waals surface area contributed by atoms with Crippen LogP contribution in [0.1, 0.15) is 65.5 Å². The van der Waals surface area contributed by atoms with Gasteiger partial charge in [0.25, 0.3) is 0 Å². The smallest absolute Gasteiger partial charge is 0.200 e. The normalized spacial score (nSPS) is 16.2. The van der Waals surface area contributed by atoms with Gasteiger partial charge in [-0.15, -0.1) is 0 Å². The molecule has 2 rings (SSSR count). The molecule has 2 N–H and O–H groups in total. The number of sulfone groups is 1. The first kappa shape index (κ1) is 31.7. The summed E-state index contributed by atoms with van der Waals surface area (Å²) in [6.07, 6.45) is 8.74. The van der Waals surface area contributed by atoms with Crippen LogP contribution in [0.4, 0.5) is 0 Å². The molecule has 0 bridgehead atoms. The highest BCUT2D eigenvalue weighted by Gasteiger charge is 2.25. The second-order valence-electron chi connectivity index (χ2n) is 8.61. The van der Waals surface area contributed by atoms with E-state index in [0.29, 0.717) is 23.0 Å². The largest absolute Gasteiger partial charge is 0.400 e. The lowest BCUT2D eigenvalue weighted by atomic mass is 9.91. The Bertz CT molecular complexity index is 1070. The summed E-state index contributed by atoms with van der Waals surface area (Å²) >= 11 is 5.83. The molecule has 8 nitrogen and oxygen atoms in total. The third kappa shape index (κ3) is 9.95. The van der Waals surface area contributed by atoms with Crippen LogP contribution in [-0.2, 0) is 21.2 Å². The van der Waals surface area contributed by atoms with Gasteiger partial charge in [0.15, 0.2) is 21.5 Å². The van der Waals surface area contributed by atoms with Gasteiger partial charge in [-0.1, -0.05) is 63.8 Å². The van der Waals surface area contributed by atoms with E-state index in [4.69, 9.17) is 16.7 Å². The molecule has 0 aliphatic heterocycles. The molecule has 0 aromatic carbocycles. The summed E-state index contributed by atoms with van der Waals surface area (Å²) in [6, 6.07) is 3.14. The van der Waals surface area contributed by atoms with Gasteiger partial charge in [0, 0.05) is 19.2 Å². The number of nitrogens with one attached hydrogen (secondary N) is 1. The van der Waals surface area contributed by atoms with Crippen LogP contribution in [-0.4, -0.2) is 48.7 Å². The number of aliphatic hydroxyl groups excluding tert-OH is 1. The van der Waals surface area contributed by atoms with E-state index in [9.17, 15) is 13.2 Å². The number of aliphatic imine (C=N–C) groups is 2. The maximum atomic E-state index is 13.4. The fourth-order valence-corrected chi connectivity index (χ4v) is 4.97. The number of rotatable bonds is 11. The van der Waals surface area contributed by atoms with Gasteiger partial charge in [0.05, 0.1) is 34.3 Å². The van der Waals surface area contributed by atoms with Crippen molar-refractivity contribution in [1.29, 1.82) is 0 Å². The summed E-state index contributed by atoms with van der Waals surface area (Å²) in [5, 5.41) is 10.3. The second-order valence-corrected chi connectivity index (χ2v) is 11.3. The molecule has 0 spiro atoms. The number of allylic oxidation sites excluding steroid dienone is 2. The first-order chi connectivity index (χ1) is 17.1. The van der Waals surface area contributed by atoms with Crippen LogP contribution in [0.5, 0.6) is 0 Å². The number of amidine groups is 1. The van der Waals surface area contributed by atoms with E-state index < -0.39 is 9.84 Å². The Morgan fingerprint density at radius 1 is 1.33 bits per heavy atom. The van der Waals surface area contributed by atoms with E-state index in [1.54, 1.807) is 26.0 Å². The summed E-state index contributed by atoms with van der Waals surface area (Å²) in [6.45, 7) is 10.9. The lowest BCUT2D eigenvalue weighted by molar-refractivity contribution is -0.116. The number of pyridine rings is 1.